The van der Waals surface area contributed by atoms with Gasteiger partial charge in [0.05, 0.1) is 23.6 Å². The molecule has 7 heteroatoms. The van der Waals surface area contributed by atoms with Crippen LogP contribution in [0.3, 0.4) is 0 Å². The molecule has 0 saturated carbocycles. The van der Waals surface area contributed by atoms with E-state index in [0.29, 0.717) is 36.5 Å². The number of fused-ring (bicyclic) bond motifs is 1. The summed E-state index contributed by atoms with van der Waals surface area (Å²) in [5.74, 6) is -0.0837. The summed E-state index contributed by atoms with van der Waals surface area (Å²) in [4.78, 5) is 37.8. The number of nitrogens with zero attached hydrogens (tertiary/aromatic N) is 3. The second-order valence-electron chi connectivity index (χ2n) is 4.77. The van der Waals surface area contributed by atoms with Crippen LogP contribution in [0.1, 0.15) is 31.6 Å². The van der Waals surface area contributed by atoms with E-state index in [1.807, 2.05) is 13.8 Å². The average molecular weight is 290 g/mol. The van der Waals surface area contributed by atoms with Gasteiger partial charge in [-0.2, -0.15) is 0 Å². The van der Waals surface area contributed by atoms with Crippen LogP contribution in [-0.2, 0) is 13.0 Å². The van der Waals surface area contributed by atoms with Crippen LogP contribution in [0, 0.1) is 13.8 Å². The van der Waals surface area contributed by atoms with Crippen LogP contribution < -0.4 is 5.56 Å². The molecule has 104 valence electrons. The summed E-state index contributed by atoms with van der Waals surface area (Å²) in [6.45, 7) is 4.69. The number of thiazole rings is 1. The second-order valence-corrected chi connectivity index (χ2v) is 6.18. The fraction of sp³-hybridized carbons (Fsp3) is 0.385. The van der Waals surface area contributed by atoms with E-state index in [4.69, 9.17) is 0 Å². The molecule has 3 heterocycles. The number of hydrogen-bond donors (Lipinski definition) is 1. The fourth-order valence-electron chi connectivity index (χ4n) is 2.42. The topological polar surface area (TPSA) is 79.0 Å². The van der Waals surface area contributed by atoms with Gasteiger partial charge >= 0.3 is 0 Å². The highest BCUT2D eigenvalue weighted by molar-refractivity contribution is 7.11. The fourth-order valence-corrected chi connectivity index (χ4v) is 3.23. The van der Waals surface area contributed by atoms with E-state index in [2.05, 4.69) is 15.0 Å². The van der Waals surface area contributed by atoms with Gasteiger partial charge in [-0.25, -0.2) is 9.97 Å². The Bertz CT molecular complexity index is 734. The van der Waals surface area contributed by atoms with E-state index in [9.17, 15) is 9.59 Å². The molecule has 0 radical (unpaired) electrons. The Morgan fingerprint density at radius 1 is 1.45 bits per heavy atom. The Morgan fingerprint density at radius 2 is 2.25 bits per heavy atom. The Morgan fingerprint density at radius 3 is 2.95 bits per heavy atom. The number of carbonyl (C=O) groups excluding carboxylic acids is 1. The minimum absolute atomic E-state index is 0.0837. The van der Waals surface area contributed by atoms with Crippen molar-refractivity contribution in [3.05, 3.63) is 43.5 Å². The predicted molar refractivity (Wildman–Crippen MR) is 74.9 cm³/mol. The molecule has 2 aromatic heterocycles. The monoisotopic (exact) mass is 290 g/mol. The quantitative estimate of drug-likeness (QED) is 0.851. The van der Waals surface area contributed by atoms with Crippen molar-refractivity contribution in [2.45, 2.75) is 26.8 Å². The van der Waals surface area contributed by atoms with Crippen LogP contribution in [0.15, 0.2) is 11.1 Å². The highest BCUT2D eigenvalue weighted by atomic mass is 32.1. The van der Waals surface area contributed by atoms with Crippen molar-refractivity contribution in [2.24, 2.45) is 0 Å². The van der Waals surface area contributed by atoms with E-state index >= 15 is 0 Å². The second kappa shape index (κ2) is 4.82. The molecule has 1 aliphatic rings. The van der Waals surface area contributed by atoms with Gasteiger partial charge in [0, 0.05) is 17.0 Å². The summed E-state index contributed by atoms with van der Waals surface area (Å²) in [6.07, 6.45) is 1.92. The summed E-state index contributed by atoms with van der Waals surface area (Å²) in [5, 5.41) is 0.887. The van der Waals surface area contributed by atoms with Crippen LogP contribution >= 0.6 is 11.3 Å². The van der Waals surface area contributed by atoms with Gasteiger partial charge in [-0.15, -0.1) is 11.3 Å². The lowest BCUT2D eigenvalue weighted by molar-refractivity contribution is 0.0725. The van der Waals surface area contributed by atoms with Crippen LogP contribution in [0.25, 0.3) is 0 Å². The molecule has 0 unspecified atom stereocenters. The van der Waals surface area contributed by atoms with Gasteiger partial charge in [0.25, 0.3) is 11.5 Å². The van der Waals surface area contributed by atoms with E-state index in [1.165, 1.54) is 17.7 Å². The number of aryl methyl sites for hydroxylation is 2. The van der Waals surface area contributed by atoms with Gasteiger partial charge in [-0.3, -0.25) is 9.59 Å². The standard InChI is InChI=1S/C13H14N4O2S/c1-7-11(16-8(2)20-7)13(19)17-4-3-9-10(5-17)14-6-15-12(9)18/h6H,3-5H2,1-2H3,(H,14,15,18). The van der Waals surface area contributed by atoms with Gasteiger partial charge in [0.1, 0.15) is 5.69 Å². The van der Waals surface area contributed by atoms with Crippen LogP contribution in [0.4, 0.5) is 0 Å². The highest BCUT2D eigenvalue weighted by Gasteiger charge is 2.26. The minimum atomic E-state index is -0.109. The van der Waals surface area contributed by atoms with Crippen molar-refractivity contribution in [3.63, 3.8) is 0 Å². The van der Waals surface area contributed by atoms with E-state index in [1.54, 1.807) is 4.90 Å². The van der Waals surface area contributed by atoms with Gasteiger partial charge in [-0.05, 0) is 20.3 Å². The SMILES string of the molecule is Cc1nc(C(=O)N2CCc3c(nc[nH]c3=O)C2)c(C)s1. The molecule has 6 nitrogen and oxygen atoms in total. The number of hydrogen-bond acceptors (Lipinski definition) is 5. The van der Waals surface area contributed by atoms with Gasteiger partial charge in [-0.1, -0.05) is 0 Å². The van der Waals surface area contributed by atoms with Crippen LogP contribution in [-0.4, -0.2) is 32.3 Å². The van der Waals surface area contributed by atoms with Gasteiger partial charge < -0.3 is 9.88 Å². The predicted octanol–water partition coefficient (Wildman–Crippen LogP) is 1.04. The van der Waals surface area contributed by atoms with Crippen molar-refractivity contribution in [1.82, 2.24) is 19.9 Å². The number of H-pyrrole nitrogens is 1. The van der Waals surface area contributed by atoms with Crippen LogP contribution in [0.5, 0.6) is 0 Å². The van der Waals surface area contributed by atoms with Crippen molar-refractivity contribution < 1.29 is 4.79 Å². The average Bonchev–Trinajstić information content (AvgIpc) is 2.77. The van der Waals surface area contributed by atoms with Crippen molar-refractivity contribution in [1.29, 1.82) is 0 Å². The molecule has 0 aromatic carbocycles. The summed E-state index contributed by atoms with van der Waals surface area (Å²) >= 11 is 1.52. The molecule has 20 heavy (non-hydrogen) atoms. The summed E-state index contributed by atoms with van der Waals surface area (Å²) in [7, 11) is 0. The Kier molecular flexibility index (Phi) is 3.13. The number of amides is 1. The lowest BCUT2D eigenvalue weighted by Gasteiger charge is -2.26. The molecule has 0 bridgehead atoms. The van der Waals surface area contributed by atoms with E-state index in [-0.39, 0.29) is 11.5 Å². The maximum Gasteiger partial charge on any atom is 0.273 e. The lowest BCUT2D eigenvalue weighted by atomic mass is 10.1. The lowest BCUT2D eigenvalue weighted by Crippen LogP contribution is -2.39. The van der Waals surface area contributed by atoms with Gasteiger partial charge in [0.2, 0.25) is 0 Å². The molecule has 0 aliphatic carbocycles. The van der Waals surface area contributed by atoms with Crippen LogP contribution in [0.2, 0.25) is 0 Å². The number of aromatic nitrogens is 3. The Hall–Kier alpha value is -2.02. The van der Waals surface area contributed by atoms with E-state index < -0.39 is 0 Å². The third kappa shape index (κ3) is 2.14. The molecule has 0 spiro atoms. The van der Waals surface area contributed by atoms with Crippen molar-refractivity contribution in [2.75, 3.05) is 6.54 Å². The largest absolute Gasteiger partial charge is 0.331 e. The Labute approximate surface area is 119 Å². The normalized spacial score (nSPS) is 14.2. The van der Waals surface area contributed by atoms with Gasteiger partial charge in [0.15, 0.2) is 0 Å². The number of nitrogens with one attached hydrogen (secondary N) is 1. The molecule has 1 aliphatic heterocycles. The summed E-state index contributed by atoms with van der Waals surface area (Å²) in [6, 6.07) is 0. The molecule has 0 fully saturated rings. The zero-order valence-corrected chi connectivity index (χ0v) is 12.1. The van der Waals surface area contributed by atoms with E-state index in [0.717, 1.165) is 9.88 Å². The molecule has 1 N–H and O–H groups in total. The number of rotatable bonds is 1. The molecule has 1 amide bonds. The maximum atomic E-state index is 12.5. The molecular weight excluding hydrogens is 276 g/mol. The summed E-state index contributed by atoms with van der Waals surface area (Å²) in [5.41, 5.74) is 1.77. The Balaban J connectivity index is 1.89. The van der Waals surface area contributed by atoms with Crippen molar-refractivity contribution in [3.8, 4) is 0 Å². The third-order valence-electron chi connectivity index (χ3n) is 3.40. The first kappa shape index (κ1) is 13.0. The maximum absolute atomic E-state index is 12.5. The minimum Gasteiger partial charge on any atom is -0.331 e. The highest BCUT2D eigenvalue weighted by Crippen LogP contribution is 2.21. The molecule has 0 saturated heterocycles. The molecule has 3 rings (SSSR count). The third-order valence-corrected chi connectivity index (χ3v) is 4.29. The molecular formula is C13H14N4O2S. The molecule has 2 aromatic rings. The first-order valence-corrected chi connectivity index (χ1v) is 7.16. The number of aromatic amines is 1. The zero-order chi connectivity index (χ0) is 14.3. The smallest absolute Gasteiger partial charge is 0.273 e. The first-order chi connectivity index (χ1) is 9.56. The zero-order valence-electron chi connectivity index (χ0n) is 11.3. The summed E-state index contributed by atoms with van der Waals surface area (Å²) < 4.78 is 0. The first-order valence-electron chi connectivity index (χ1n) is 6.35. The molecule has 0 atom stereocenters. The number of carbonyl (C=O) groups is 1. The van der Waals surface area contributed by atoms with Crippen molar-refractivity contribution >= 4 is 17.2 Å².